The molecule has 0 unspecified atom stereocenters. The Hall–Kier alpha value is -2.79. The van der Waals surface area contributed by atoms with Crippen LogP contribution in [0.5, 0.6) is 0 Å². The lowest BCUT2D eigenvalue weighted by atomic mass is 10.1. The second kappa shape index (κ2) is 13.5. The number of β-amino-alcohol motifs (C(OH)–C–C–N with tert-alkyl or cyclic N) is 1. The molecule has 39 heavy (non-hydrogen) atoms. The topological polar surface area (TPSA) is 121 Å². The Labute approximate surface area is 244 Å². The van der Waals surface area contributed by atoms with E-state index in [1.807, 2.05) is 13.0 Å². The molecule has 1 fully saturated rings. The van der Waals surface area contributed by atoms with E-state index in [4.69, 9.17) is 16.6 Å². The Balaban J connectivity index is 0.00000210. The zero-order valence-corrected chi connectivity index (χ0v) is 23.9. The van der Waals surface area contributed by atoms with Crippen molar-refractivity contribution in [2.75, 3.05) is 56.1 Å². The van der Waals surface area contributed by atoms with Crippen molar-refractivity contribution in [2.24, 2.45) is 0 Å². The summed E-state index contributed by atoms with van der Waals surface area (Å²) >= 11 is 6.06. The van der Waals surface area contributed by atoms with Crippen LogP contribution in [0.4, 0.5) is 11.4 Å². The van der Waals surface area contributed by atoms with Gasteiger partial charge in [0.1, 0.15) is 11.4 Å². The van der Waals surface area contributed by atoms with Crippen LogP contribution in [0.1, 0.15) is 17.2 Å². The van der Waals surface area contributed by atoms with Crippen LogP contribution in [-0.4, -0.2) is 75.9 Å². The second-order valence-corrected chi connectivity index (χ2v) is 9.78. The standard InChI is InChI=1S/C27H31ClN6O3.2ClH/c1-17-13-20(34-9-7-33(8-10-34)11-12-35)15-22-25(17)32-26(31-22)24-21(5-6-29-27(24)37)30-16-23(36)18-3-2-4-19(28)14-18;;/h2-6,13-15,23,35-36H,7-12,16H2,1H3,(H,31,32)(H2,29,30,37);2*1H/t23-;;/m1../s1. The largest absolute Gasteiger partial charge is 0.395 e. The van der Waals surface area contributed by atoms with Gasteiger partial charge in [-0.1, -0.05) is 23.7 Å². The molecule has 0 bridgehead atoms. The van der Waals surface area contributed by atoms with Gasteiger partial charge >= 0.3 is 0 Å². The van der Waals surface area contributed by atoms with E-state index >= 15 is 0 Å². The summed E-state index contributed by atoms with van der Waals surface area (Å²) in [4.78, 5) is 28.3. The molecule has 9 nitrogen and oxygen atoms in total. The highest BCUT2D eigenvalue weighted by Crippen LogP contribution is 2.30. The second-order valence-electron chi connectivity index (χ2n) is 9.34. The Morgan fingerprint density at radius 2 is 1.90 bits per heavy atom. The quantitative estimate of drug-likeness (QED) is 0.209. The van der Waals surface area contributed by atoms with Gasteiger partial charge in [0.15, 0.2) is 0 Å². The highest BCUT2D eigenvalue weighted by atomic mass is 35.5. The van der Waals surface area contributed by atoms with E-state index in [0.717, 1.165) is 48.5 Å². The van der Waals surface area contributed by atoms with Crippen LogP contribution in [0.3, 0.4) is 0 Å². The summed E-state index contributed by atoms with van der Waals surface area (Å²) in [5.74, 6) is 0.463. The van der Waals surface area contributed by atoms with E-state index in [9.17, 15) is 15.0 Å². The predicted molar refractivity (Wildman–Crippen MR) is 162 cm³/mol. The fourth-order valence-electron chi connectivity index (χ4n) is 4.84. The minimum Gasteiger partial charge on any atom is -0.395 e. The summed E-state index contributed by atoms with van der Waals surface area (Å²) in [6.07, 6.45) is 0.770. The lowest BCUT2D eigenvalue weighted by molar-refractivity contribution is 0.189. The van der Waals surface area contributed by atoms with Crippen LogP contribution in [-0.2, 0) is 0 Å². The number of hydrogen-bond donors (Lipinski definition) is 5. The monoisotopic (exact) mass is 594 g/mol. The highest BCUT2D eigenvalue weighted by molar-refractivity contribution is 6.30. The van der Waals surface area contributed by atoms with Crippen LogP contribution in [0, 0.1) is 6.92 Å². The predicted octanol–water partition coefficient (Wildman–Crippen LogP) is 3.98. The van der Waals surface area contributed by atoms with Crippen molar-refractivity contribution in [1.29, 1.82) is 0 Å². The Bertz CT molecular complexity index is 1450. The van der Waals surface area contributed by atoms with Crippen molar-refractivity contribution in [1.82, 2.24) is 19.9 Å². The number of anilines is 2. The number of piperazine rings is 1. The van der Waals surface area contributed by atoms with Crippen molar-refractivity contribution >= 4 is 58.8 Å². The number of imidazole rings is 1. The van der Waals surface area contributed by atoms with Gasteiger partial charge in [0, 0.05) is 56.2 Å². The fraction of sp³-hybridized carbons (Fsp3) is 0.333. The lowest BCUT2D eigenvalue weighted by Crippen LogP contribution is -2.47. The first-order chi connectivity index (χ1) is 17.9. The number of H-pyrrole nitrogens is 2. The Kier molecular flexibility index (Phi) is 10.7. The van der Waals surface area contributed by atoms with E-state index in [2.05, 4.69) is 37.2 Å². The highest BCUT2D eigenvalue weighted by Gasteiger charge is 2.20. The molecule has 0 saturated carbocycles. The number of benzene rings is 2. The number of aliphatic hydroxyl groups excluding tert-OH is 2. The number of aromatic nitrogens is 3. The molecule has 1 saturated heterocycles. The normalized spacial score (nSPS) is 14.5. The van der Waals surface area contributed by atoms with Crippen LogP contribution >= 0.6 is 36.4 Å². The number of hydrogen-bond acceptors (Lipinski definition) is 7. The summed E-state index contributed by atoms with van der Waals surface area (Å²) in [6.45, 7) is 6.67. The van der Waals surface area contributed by atoms with Gasteiger partial charge in [0.2, 0.25) is 0 Å². The molecule has 2 aromatic heterocycles. The molecule has 5 rings (SSSR count). The number of fused-ring (bicyclic) bond motifs is 1. The third kappa shape index (κ3) is 6.87. The van der Waals surface area contributed by atoms with E-state index in [-0.39, 0.29) is 43.5 Å². The van der Waals surface area contributed by atoms with Crippen molar-refractivity contribution in [2.45, 2.75) is 13.0 Å². The maximum atomic E-state index is 12.9. The first-order valence-electron chi connectivity index (χ1n) is 12.4. The van der Waals surface area contributed by atoms with Gasteiger partial charge in [0.05, 0.1) is 29.4 Å². The number of nitrogens with one attached hydrogen (secondary N) is 3. The van der Waals surface area contributed by atoms with Gasteiger partial charge in [-0.15, -0.1) is 24.8 Å². The van der Waals surface area contributed by atoms with Crippen LogP contribution < -0.4 is 15.8 Å². The molecule has 5 N–H and O–H groups in total. The summed E-state index contributed by atoms with van der Waals surface area (Å²) < 4.78 is 0. The molecule has 0 radical (unpaired) electrons. The third-order valence-corrected chi connectivity index (χ3v) is 7.07. The summed E-state index contributed by atoms with van der Waals surface area (Å²) in [6, 6.07) is 13.0. The molecule has 0 spiro atoms. The van der Waals surface area contributed by atoms with Crippen LogP contribution in [0.15, 0.2) is 53.5 Å². The maximum absolute atomic E-state index is 12.9. The van der Waals surface area contributed by atoms with Crippen molar-refractivity contribution in [3.63, 3.8) is 0 Å². The summed E-state index contributed by atoms with van der Waals surface area (Å²) in [5, 5.41) is 23.6. The van der Waals surface area contributed by atoms with E-state index in [0.29, 0.717) is 34.2 Å². The molecule has 1 atom stereocenters. The summed E-state index contributed by atoms with van der Waals surface area (Å²) in [5.41, 5.74) is 5.16. The Morgan fingerprint density at radius 1 is 1.13 bits per heavy atom. The molecular weight excluding hydrogens is 563 g/mol. The molecular formula is C27H33Cl3N6O3. The molecule has 1 aliphatic heterocycles. The lowest BCUT2D eigenvalue weighted by Gasteiger charge is -2.35. The van der Waals surface area contributed by atoms with Crippen molar-refractivity contribution in [3.8, 4) is 11.4 Å². The molecule has 0 amide bonds. The number of pyridine rings is 1. The number of rotatable bonds is 8. The number of aryl methyl sites for hydroxylation is 1. The molecule has 210 valence electrons. The van der Waals surface area contributed by atoms with E-state index in [1.165, 1.54) is 0 Å². The first kappa shape index (κ1) is 30.7. The number of aliphatic hydroxyl groups is 2. The van der Waals surface area contributed by atoms with E-state index in [1.54, 1.807) is 30.5 Å². The van der Waals surface area contributed by atoms with Gasteiger partial charge in [-0.3, -0.25) is 9.69 Å². The first-order valence-corrected chi connectivity index (χ1v) is 12.8. The van der Waals surface area contributed by atoms with Gasteiger partial charge in [-0.05, 0) is 48.4 Å². The zero-order chi connectivity index (χ0) is 25.9. The van der Waals surface area contributed by atoms with Gasteiger partial charge in [-0.2, -0.15) is 0 Å². The molecule has 3 heterocycles. The SMILES string of the molecule is Cc1cc(N2CCN(CCO)CC2)cc2[nH]c(-c3c(NC[C@@H](O)c4cccc(Cl)c4)cc[nH]c3=O)nc12.Cl.Cl. The molecule has 4 aromatic rings. The van der Waals surface area contributed by atoms with Crippen LogP contribution in [0.25, 0.3) is 22.4 Å². The number of aromatic amines is 2. The van der Waals surface area contributed by atoms with Crippen LogP contribution in [0.2, 0.25) is 5.02 Å². The van der Waals surface area contributed by atoms with Crippen molar-refractivity contribution in [3.05, 3.63) is 75.2 Å². The van der Waals surface area contributed by atoms with Gasteiger partial charge in [-0.25, -0.2) is 4.98 Å². The van der Waals surface area contributed by atoms with Crippen molar-refractivity contribution < 1.29 is 10.2 Å². The molecule has 0 aliphatic carbocycles. The third-order valence-electron chi connectivity index (χ3n) is 6.83. The smallest absolute Gasteiger partial charge is 0.261 e. The molecule has 2 aromatic carbocycles. The van der Waals surface area contributed by atoms with Gasteiger partial charge < -0.3 is 30.4 Å². The number of halogens is 3. The number of nitrogens with zero attached hydrogens (tertiary/aromatic N) is 3. The van der Waals surface area contributed by atoms with Gasteiger partial charge in [0.25, 0.3) is 5.56 Å². The maximum Gasteiger partial charge on any atom is 0.261 e. The minimum atomic E-state index is -0.802. The molecule has 1 aliphatic rings. The zero-order valence-electron chi connectivity index (χ0n) is 21.5. The van der Waals surface area contributed by atoms with E-state index < -0.39 is 6.10 Å². The minimum absolute atomic E-state index is 0. The summed E-state index contributed by atoms with van der Waals surface area (Å²) in [7, 11) is 0. The fourth-order valence-corrected chi connectivity index (χ4v) is 5.04. The average Bonchev–Trinajstić information content (AvgIpc) is 3.32. The Morgan fingerprint density at radius 3 is 2.62 bits per heavy atom. The average molecular weight is 596 g/mol. The molecule has 12 heteroatoms.